The lowest BCUT2D eigenvalue weighted by Gasteiger charge is -2.33. The van der Waals surface area contributed by atoms with E-state index in [-0.39, 0.29) is 37.7 Å². The van der Waals surface area contributed by atoms with E-state index in [0.29, 0.717) is 6.42 Å². The summed E-state index contributed by atoms with van der Waals surface area (Å²) in [6.07, 6.45) is 1.30. The Balaban J connectivity index is 1.84. The van der Waals surface area contributed by atoms with Crippen LogP contribution in [0.4, 0.5) is 0 Å². The molecule has 8 heteroatoms. The van der Waals surface area contributed by atoms with Crippen LogP contribution in [0.2, 0.25) is 0 Å². The number of rotatable bonds is 7. The summed E-state index contributed by atoms with van der Waals surface area (Å²) in [6.45, 7) is 2.57. The van der Waals surface area contributed by atoms with Gasteiger partial charge in [0, 0.05) is 26.2 Å². The maximum absolute atomic E-state index is 12.4. The van der Waals surface area contributed by atoms with Crippen molar-refractivity contribution in [3.63, 3.8) is 0 Å². The third-order valence-electron chi connectivity index (χ3n) is 4.06. The fourth-order valence-corrected chi connectivity index (χ4v) is 5.21. The Bertz CT molecular complexity index is 694. The summed E-state index contributed by atoms with van der Waals surface area (Å²) in [4.78, 5) is 0. The van der Waals surface area contributed by atoms with Gasteiger partial charge >= 0.3 is 0 Å². The highest BCUT2D eigenvalue weighted by Gasteiger charge is 2.30. The van der Waals surface area contributed by atoms with Gasteiger partial charge in [-0.15, -0.1) is 0 Å². The number of benzene rings is 1. The van der Waals surface area contributed by atoms with E-state index < -0.39 is 20.0 Å². The second-order valence-electron chi connectivity index (χ2n) is 5.60. The van der Waals surface area contributed by atoms with Crippen LogP contribution in [0.5, 0.6) is 0 Å². The summed E-state index contributed by atoms with van der Waals surface area (Å²) in [5.41, 5.74) is 1.13. The molecule has 0 bridgehead atoms. The SMILES string of the molecule is CCS(=O)(=O)N1CCN(S(=O)(=O)CCCc2ccccc2)CC1. The van der Waals surface area contributed by atoms with E-state index in [4.69, 9.17) is 0 Å². The van der Waals surface area contributed by atoms with Gasteiger partial charge in [-0.25, -0.2) is 16.8 Å². The maximum Gasteiger partial charge on any atom is 0.214 e. The van der Waals surface area contributed by atoms with Crippen molar-refractivity contribution in [3.8, 4) is 0 Å². The Hall–Kier alpha value is -0.960. The lowest BCUT2D eigenvalue weighted by Crippen LogP contribution is -2.51. The molecule has 0 atom stereocenters. The minimum atomic E-state index is -3.32. The van der Waals surface area contributed by atoms with Gasteiger partial charge in [0.2, 0.25) is 20.0 Å². The number of nitrogens with zero attached hydrogens (tertiary/aromatic N) is 2. The Kier molecular flexibility index (Phi) is 6.19. The molecule has 2 rings (SSSR count). The van der Waals surface area contributed by atoms with Crippen LogP contribution in [-0.4, -0.2) is 63.1 Å². The normalized spacial score (nSPS) is 18.1. The van der Waals surface area contributed by atoms with Crippen molar-refractivity contribution >= 4 is 20.0 Å². The molecule has 0 saturated carbocycles. The van der Waals surface area contributed by atoms with Crippen LogP contribution in [0.15, 0.2) is 30.3 Å². The van der Waals surface area contributed by atoms with Gasteiger partial charge in [-0.2, -0.15) is 8.61 Å². The maximum atomic E-state index is 12.4. The number of aryl methyl sites for hydroxylation is 1. The average molecular weight is 361 g/mol. The predicted octanol–water partition coefficient (Wildman–Crippen LogP) is 0.916. The molecule has 0 N–H and O–H groups in total. The first-order valence-electron chi connectivity index (χ1n) is 7.85. The van der Waals surface area contributed by atoms with E-state index in [1.807, 2.05) is 30.3 Å². The summed E-state index contributed by atoms with van der Waals surface area (Å²) in [5.74, 6) is 0.152. The summed E-state index contributed by atoms with van der Waals surface area (Å²) in [6, 6.07) is 9.79. The minimum absolute atomic E-state index is 0.0524. The first kappa shape index (κ1) is 18.4. The number of piperazine rings is 1. The van der Waals surface area contributed by atoms with Crippen LogP contribution >= 0.6 is 0 Å². The molecule has 1 heterocycles. The zero-order chi connectivity index (χ0) is 16.9. The average Bonchev–Trinajstić information content (AvgIpc) is 2.56. The molecule has 1 aliphatic heterocycles. The molecule has 0 amide bonds. The topological polar surface area (TPSA) is 74.8 Å². The lowest BCUT2D eigenvalue weighted by molar-refractivity contribution is 0.273. The lowest BCUT2D eigenvalue weighted by atomic mass is 10.1. The summed E-state index contributed by atoms with van der Waals surface area (Å²) < 4.78 is 51.1. The van der Waals surface area contributed by atoms with Crippen LogP contribution in [0.3, 0.4) is 0 Å². The van der Waals surface area contributed by atoms with Gasteiger partial charge < -0.3 is 0 Å². The molecule has 1 saturated heterocycles. The standard InChI is InChI=1S/C15H24N2O4S2/c1-2-22(18,19)16-10-12-17(13-11-16)23(20,21)14-6-9-15-7-4-3-5-8-15/h3-5,7-8H,2,6,9-14H2,1H3. The van der Waals surface area contributed by atoms with Crippen LogP contribution in [0, 0.1) is 0 Å². The first-order chi connectivity index (χ1) is 10.8. The molecule has 0 spiro atoms. The quantitative estimate of drug-likeness (QED) is 0.725. The molecule has 1 aromatic rings. The van der Waals surface area contributed by atoms with E-state index in [1.165, 1.54) is 8.61 Å². The molecule has 6 nitrogen and oxygen atoms in total. The van der Waals surface area contributed by atoms with Gasteiger partial charge in [0.15, 0.2) is 0 Å². The largest absolute Gasteiger partial charge is 0.214 e. The van der Waals surface area contributed by atoms with Crippen LogP contribution < -0.4 is 0 Å². The van der Waals surface area contributed by atoms with Crippen molar-refractivity contribution in [2.24, 2.45) is 0 Å². The van der Waals surface area contributed by atoms with E-state index >= 15 is 0 Å². The van der Waals surface area contributed by atoms with E-state index in [9.17, 15) is 16.8 Å². The minimum Gasteiger partial charge on any atom is -0.212 e. The zero-order valence-corrected chi connectivity index (χ0v) is 15.0. The Labute approximate surface area is 139 Å². The van der Waals surface area contributed by atoms with E-state index in [0.717, 1.165) is 12.0 Å². The molecule has 0 aromatic heterocycles. The smallest absolute Gasteiger partial charge is 0.212 e. The third kappa shape index (κ3) is 5.00. The molecule has 0 unspecified atom stereocenters. The molecular weight excluding hydrogens is 336 g/mol. The summed E-state index contributed by atoms with van der Waals surface area (Å²) in [7, 11) is -6.55. The summed E-state index contributed by atoms with van der Waals surface area (Å²) >= 11 is 0. The highest BCUT2D eigenvalue weighted by Crippen LogP contribution is 2.13. The highest BCUT2D eigenvalue weighted by molar-refractivity contribution is 7.89. The van der Waals surface area contributed by atoms with Crippen molar-refractivity contribution in [2.45, 2.75) is 19.8 Å². The fraction of sp³-hybridized carbons (Fsp3) is 0.600. The van der Waals surface area contributed by atoms with Crippen LogP contribution in [0.1, 0.15) is 18.9 Å². The van der Waals surface area contributed by atoms with Crippen LogP contribution in [-0.2, 0) is 26.5 Å². The molecule has 1 fully saturated rings. The number of hydrogen-bond acceptors (Lipinski definition) is 4. The molecular formula is C15H24N2O4S2. The predicted molar refractivity (Wildman–Crippen MR) is 91.2 cm³/mol. The highest BCUT2D eigenvalue weighted by atomic mass is 32.2. The van der Waals surface area contributed by atoms with Gasteiger partial charge in [0.1, 0.15) is 0 Å². The molecule has 0 aliphatic carbocycles. The molecule has 0 radical (unpaired) electrons. The van der Waals surface area contributed by atoms with Gasteiger partial charge in [-0.1, -0.05) is 30.3 Å². The van der Waals surface area contributed by atoms with Crippen molar-refractivity contribution in [1.82, 2.24) is 8.61 Å². The fourth-order valence-electron chi connectivity index (χ4n) is 2.64. The zero-order valence-electron chi connectivity index (χ0n) is 13.4. The van der Waals surface area contributed by atoms with Gasteiger partial charge in [0.05, 0.1) is 11.5 Å². The Morgan fingerprint density at radius 2 is 1.39 bits per heavy atom. The summed E-state index contributed by atoms with van der Waals surface area (Å²) in [5, 5.41) is 0. The Morgan fingerprint density at radius 3 is 1.91 bits per heavy atom. The van der Waals surface area contributed by atoms with Crippen molar-refractivity contribution in [1.29, 1.82) is 0 Å². The van der Waals surface area contributed by atoms with Crippen molar-refractivity contribution in [2.75, 3.05) is 37.7 Å². The second-order valence-corrected chi connectivity index (χ2v) is 9.95. The molecule has 130 valence electrons. The van der Waals surface area contributed by atoms with Gasteiger partial charge in [-0.3, -0.25) is 0 Å². The van der Waals surface area contributed by atoms with Crippen molar-refractivity contribution in [3.05, 3.63) is 35.9 Å². The van der Waals surface area contributed by atoms with E-state index in [1.54, 1.807) is 6.92 Å². The first-order valence-corrected chi connectivity index (χ1v) is 11.1. The molecule has 1 aliphatic rings. The third-order valence-corrected chi connectivity index (χ3v) is 7.90. The van der Waals surface area contributed by atoms with Crippen molar-refractivity contribution < 1.29 is 16.8 Å². The number of hydrogen-bond donors (Lipinski definition) is 0. The number of sulfonamides is 2. The van der Waals surface area contributed by atoms with Gasteiger partial charge in [0.25, 0.3) is 0 Å². The van der Waals surface area contributed by atoms with Crippen LogP contribution in [0.25, 0.3) is 0 Å². The molecule has 23 heavy (non-hydrogen) atoms. The van der Waals surface area contributed by atoms with E-state index in [2.05, 4.69) is 0 Å². The monoisotopic (exact) mass is 360 g/mol. The Morgan fingerprint density at radius 1 is 0.870 bits per heavy atom. The second kappa shape index (κ2) is 7.74. The van der Waals surface area contributed by atoms with Gasteiger partial charge in [-0.05, 0) is 25.3 Å². The molecule has 1 aromatic carbocycles.